The van der Waals surface area contributed by atoms with Gasteiger partial charge < -0.3 is 14.6 Å². The maximum absolute atomic E-state index is 5.84. The monoisotopic (exact) mass is 315 g/mol. The summed E-state index contributed by atoms with van der Waals surface area (Å²) in [6.45, 7) is 9.02. The van der Waals surface area contributed by atoms with Crippen molar-refractivity contribution in [2.24, 2.45) is 0 Å². The van der Waals surface area contributed by atoms with E-state index in [-0.39, 0.29) is 0 Å². The first-order chi connectivity index (χ1) is 11.2. The Kier molecular flexibility index (Phi) is 4.96. The predicted molar refractivity (Wildman–Crippen MR) is 89.8 cm³/mol. The minimum absolute atomic E-state index is 0.381. The van der Waals surface area contributed by atoms with E-state index >= 15 is 0 Å². The van der Waals surface area contributed by atoms with Crippen molar-refractivity contribution in [3.8, 4) is 17.1 Å². The Hall–Kier alpha value is -1.88. The topological polar surface area (TPSA) is 60.2 Å². The summed E-state index contributed by atoms with van der Waals surface area (Å²) < 4.78 is 11.4. The van der Waals surface area contributed by atoms with E-state index in [1.54, 1.807) is 0 Å². The van der Waals surface area contributed by atoms with Crippen LogP contribution in [0, 0.1) is 13.8 Å². The summed E-state index contributed by atoms with van der Waals surface area (Å²) in [6, 6.07) is 4.16. The number of benzene rings is 1. The molecule has 2 heterocycles. The van der Waals surface area contributed by atoms with E-state index in [0.29, 0.717) is 11.7 Å². The molecule has 0 atom stereocenters. The fourth-order valence-electron chi connectivity index (χ4n) is 3.10. The second-order valence-corrected chi connectivity index (χ2v) is 6.27. The Morgan fingerprint density at radius 2 is 1.91 bits per heavy atom. The lowest BCUT2D eigenvalue weighted by molar-refractivity contribution is 0.313. The van der Waals surface area contributed by atoms with Crippen LogP contribution in [0.2, 0.25) is 0 Å². The maximum atomic E-state index is 5.84. The molecule has 2 aromatic rings. The Bertz CT molecular complexity index is 637. The first-order valence-electron chi connectivity index (χ1n) is 8.47. The Morgan fingerprint density at radius 1 is 1.22 bits per heavy atom. The van der Waals surface area contributed by atoms with Crippen molar-refractivity contribution in [1.82, 2.24) is 15.5 Å². The summed E-state index contributed by atoms with van der Waals surface area (Å²) in [6.07, 6.45) is 3.12. The van der Waals surface area contributed by atoms with Gasteiger partial charge in [-0.05, 0) is 69.5 Å². The Labute approximate surface area is 137 Å². The molecule has 0 amide bonds. The number of hydrogen-bond acceptors (Lipinski definition) is 5. The number of hydrogen-bond donors (Lipinski definition) is 1. The van der Waals surface area contributed by atoms with Crippen LogP contribution in [0.3, 0.4) is 0 Å². The van der Waals surface area contributed by atoms with Gasteiger partial charge in [-0.15, -0.1) is 0 Å². The van der Waals surface area contributed by atoms with E-state index in [2.05, 4.69) is 48.4 Å². The lowest BCUT2D eigenvalue weighted by Gasteiger charge is -2.18. The van der Waals surface area contributed by atoms with E-state index in [0.717, 1.165) is 67.3 Å². The van der Waals surface area contributed by atoms with Gasteiger partial charge >= 0.3 is 0 Å². The third kappa shape index (κ3) is 3.55. The first kappa shape index (κ1) is 16.0. The van der Waals surface area contributed by atoms with Crippen LogP contribution in [0.5, 0.6) is 5.75 Å². The lowest BCUT2D eigenvalue weighted by atomic mass is 9.98. The average Bonchev–Trinajstić information content (AvgIpc) is 3.05. The van der Waals surface area contributed by atoms with Crippen LogP contribution in [-0.4, -0.2) is 29.8 Å². The van der Waals surface area contributed by atoms with Gasteiger partial charge in [-0.25, -0.2) is 0 Å². The zero-order valence-electron chi connectivity index (χ0n) is 14.2. The van der Waals surface area contributed by atoms with E-state index in [9.17, 15) is 0 Å². The first-order valence-corrected chi connectivity index (χ1v) is 8.47. The normalized spacial score (nSPS) is 15.8. The molecule has 0 radical (unpaired) electrons. The molecule has 3 rings (SSSR count). The predicted octanol–water partition coefficient (Wildman–Crippen LogP) is 3.61. The lowest BCUT2D eigenvalue weighted by Crippen LogP contribution is -2.26. The van der Waals surface area contributed by atoms with Crippen LogP contribution < -0.4 is 10.1 Å². The fourth-order valence-corrected chi connectivity index (χ4v) is 3.10. The molecule has 1 aromatic heterocycles. The molecule has 1 aliphatic rings. The van der Waals surface area contributed by atoms with Crippen molar-refractivity contribution < 1.29 is 9.26 Å². The van der Waals surface area contributed by atoms with Crippen LogP contribution in [-0.2, 0) is 0 Å². The summed E-state index contributed by atoms with van der Waals surface area (Å²) >= 11 is 0. The van der Waals surface area contributed by atoms with Crippen molar-refractivity contribution in [3.63, 3.8) is 0 Å². The van der Waals surface area contributed by atoms with Crippen LogP contribution in [0.1, 0.15) is 49.1 Å². The highest BCUT2D eigenvalue weighted by atomic mass is 16.5. The molecule has 124 valence electrons. The van der Waals surface area contributed by atoms with Crippen molar-refractivity contribution in [1.29, 1.82) is 0 Å². The fraction of sp³-hybridized carbons (Fsp3) is 0.556. The molecule has 5 nitrogen and oxygen atoms in total. The highest BCUT2D eigenvalue weighted by Gasteiger charge is 2.22. The average molecular weight is 315 g/mol. The summed E-state index contributed by atoms with van der Waals surface area (Å²) in [7, 11) is 0. The number of nitrogens with one attached hydrogen (secondary N) is 1. The SMILES string of the molecule is CCCOc1c(C)cc(-c2noc(C3CCNCC3)n2)cc1C. The minimum Gasteiger partial charge on any atom is -0.493 e. The molecule has 1 N–H and O–H groups in total. The number of ether oxygens (including phenoxy) is 1. The molecule has 1 aliphatic heterocycles. The zero-order valence-corrected chi connectivity index (χ0v) is 14.2. The zero-order chi connectivity index (χ0) is 16.2. The second-order valence-electron chi connectivity index (χ2n) is 6.27. The standard InChI is InChI=1S/C18H25N3O2/c1-4-9-22-16-12(2)10-15(11-13(16)3)17-20-18(23-21-17)14-5-7-19-8-6-14/h10-11,14,19H,4-9H2,1-3H3. The van der Waals surface area contributed by atoms with Gasteiger partial charge in [0.25, 0.3) is 0 Å². The number of rotatable bonds is 5. The Morgan fingerprint density at radius 3 is 2.57 bits per heavy atom. The quantitative estimate of drug-likeness (QED) is 0.913. The molecule has 0 spiro atoms. The summed E-state index contributed by atoms with van der Waals surface area (Å²) in [4.78, 5) is 4.63. The van der Waals surface area contributed by atoms with E-state index in [1.807, 2.05) is 0 Å². The summed E-state index contributed by atoms with van der Waals surface area (Å²) in [5.41, 5.74) is 3.22. The van der Waals surface area contributed by atoms with E-state index in [1.165, 1.54) is 0 Å². The number of piperidine rings is 1. The van der Waals surface area contributed by atoms with Gasteiger partial charge in [-0.1, -0.05) is 12.1 Å². The van der Waals surface area contributed by atoms with E-state index < -0.39 is 0 Å². The van der Waals surface area contributed by atoms with Gasteiger partial charge in [0, 0.05) is 11.5 Å². The van der Waals surface area contributed by atoms with Gasteiger partial charge in [0.05, 0.1) is 6.61 Å². The highest BCUT2D eigenvalue weighted by molar-refractivity contribution is 5.61. The minimum atomic E-state index is 0.381. The summed E-state index contributed by atoms with van der Waals surface area (Å²) in [5.74, 6) is 2.79. The smallest absolute Gasteiger partial charge is 0.230 e. The van der Waals surface area contributed by atoms with Crippen molar-refractivity contribution in [3.05, 3.63) is 29.2 Å². The number of aryl methyl sites for hydroxylation is 2. The maximum Gasteiger partial charge on any atom is 0.230 e. The number of aromatic nitrogens is 2. The number of nitrogens with zero attached hydrogens (tertiary/aromatic N) is 2. The molecular formula is C18H25N3O2. The third-order valence-electron chi connectivity index (χ3n) is 4.30. The molecule has 1 saturated heterocycles. The van der Waals surface area contributed by atoms with Gasteiger partial charge in [0.15, 0.2) is 0 Å². The van der Waals surface area contributed by atoms with Crippen molar-refractivity contribution >= 4 is 0 Å². The molecule has 1 aromatic carbocycles. The third-order valence-corrected chi connectivity index (χ3v) is 4.30. The van der Waals surface area contributed by atoms with Crippen molar-refractivity contribution in [2.45, 2.75) is 46.0 Å². The molecule has 0 unspecified atom stereocenters. The molecule has 1 fully saturated rings. The molecule has 0 bridgehead atoms. The van der Waals surface area contributed by atoms with Crippen LogP contribution >= 0.6 is 0 Å². The molecule has 5 heteroatoms. The van der Waals surface area contributed by atoms with E-state index in [4.69, 9.17) is 9.26 Å². The van der Waals surface area contributed by atoms with Gasteiger partial charge in [0.2, 0.25) is 11.7 Å². The van der Waals surface area contributed by atoms with Gasteiger partial charge in [-0.3, -0.25) is 0 Å². The van der Waals surface area contributed by atoms with Crippen molar-refractivity contribution in [2.75, 3.05) is 19.7 Å². The Balaban J connectivity index is 1.83. The van der Waals surface area contributed by atoms with Gasteiger partial charge in [0.1, 0.15) is 5.75 Å². The molecule has 23 heavy (non-hydrogen) atoms. The molecular weight excluding hydrogens is 290 g/mol. The second kappa shape index (κ2) is 7.13. The highest BCUT2D eigenvalue weighted by Crippen LogP contribution is 2.31. The summed E-state index contributed by atoms with van der Waals surface area (Å²) in [5, 5.41) is 7.55. The van der Waals surface area contributed by atoms with Gasteiger partial charge in [-0.2, -0.15) is 4.98 Å². The van der Waals surface area contributed by atoms with Crippen LogP contribution in [0.25, 0.3) is 11.4 Å². The molecule has 0 aliphatic carbocycles. The van der Waals surface area contributed by atoms with Crippen LogP contribution in [0.15, 0.2) is 16.7 Å². The largest absolute Gasteiger partial charge is 0.493 e. The van der Waals surface area contributed by atoms with Crippen LogP contribution in [0.4, 0.5) is 0 Å². The molecule has 0 saturated carbocycles.